The van der Waals surface area contributed by atoms with Crippen molar-refractivity contribution in [2.24, 2.45) is 0 Å². The van der Waals surface area contributed by atoms with Crippen molar-refractivity contribution in [3.63, 3.8) is 0 Å². The topological polar surface area (TPSA) is 21.1 Å². The first-order chi connectivity index (χ1) is 12.5. The van der Waals surface area contributed by atoms with E-state index in [1.807, 2.05) is 12.3 Å². The third-order valence-corrected chi connectivity index (χ3v) is 5.41. The van der Waals surface area contributed by atoms with E-state index in [1.165, 1.54) is 22.3 Å². The smallest absolute Gasteiger partial charge is 0.399 e. The Balaban J connectivity index is 0.00000210. The van der Waals surface area contributed by atoms with Gasteiger partial charge in [0.05, 0.1) is 0 Å². The van der Waals surface area contributed by atoms with Crippen molar-refractivity contribution in [3.8, 4) is 11.4 Å². The van der Waals surface area contributed by atoms with Crippen LogP contribution in [0, 0.1) is 6.07 Å². The molecule has 0 atom stereocenters. The monoisotopic (exact) mass is 535 g/mol. The fourth-order valence-electron chi connectivity index (χ4n) is 4.16. The molecule has 0 bridgehead atoms. The zero-order valence-electron chi connectivity index (χ0n) is 16.5. The van der Waals surface area contributed by atoms with Gasteiger partial charge in [0.1, 0.15) is 0 Å². The van der Waals surface area contributed by atoms with Crippen LogP contribution >= 0.6 is 0 Å². The van der Waals surface area contributed by atoms with Crippen LogP contribution < -0.4 is 10.3 Å². The van der Waals surface area contributed by atoms with Gasteiger partial charge in [-0.15, -0.1) is 24.3 Å². The third-order valence-electron chi connectivity index (χ3n) is 5.41. The Bertz CT molecular complexity index is 922. The SMILES string of the molecule is CC(C)c1cccc(C(C)C)c1B1N(C)c2ccc[c-]c2-c2nccn21.[Ir]. The number of hydrogen-bond acceptors (Lipinski definition) is 2. The van der Waals surface area contributed by atoms with E-state index >= 15 is 0 Å². The molecule has 3 aromatic rings. The van der Waals surface area contributed by atoms with Crippen LogP contribution in [0.2, 0.25) is 0 Å². The van der Waals surface area contributed by atoms with Crippen molar-refractivity contribution in [1.29, 1.82) is 0 Å². The number of imidazole rings is 1. The normalized spacial score (nSPS) is 12.9. The van der Waals surface area contributed by atoms with Gasteiger partial charge in [-0.25, -0.2) is 0 Å². The molecule has 2 aromatic carbocycles. The predicted molar refractivity (Wildman–Crippen MR) is 110 cm³/mol. The molecule has 0 aliphatic carbocycles. The summed E-state index contributed by atoms with van der Waals surface area (Å²) in [5.41, 5.74) is 6.50. The summed E-state index contributed by atoms with van der Waals surface area (Å²) in [7, 11) is 2.18. The molecule has 0 amide bonds. The van der Waals surface area contributed by atoms with Gasteiger partial charge >= 0.3 is 6.98 Å². The number of nitrogens with zero attached hydrogens (tertiary/aromatic N) is 3. The largest absolute Gasteiger partial charge is 0.436 e. The van der Waals surface area contributed by atoms with Crippen molar-refractivity contribution in [1.82, 2.24) is 9.46 Å². The summed E-state index contributed by atoms with van der Waals surface area (Å²) in [6.07, 6.45) is 4.00. The molecule has 2 heterocycles. The summed E-state index contributed by atoms with van der Waals surface area (Å²) in [5.74, 6) is 1.93. The van der Waals surface area contributed by atoms with E-state index in [0.717, 1.165) is 11.4 Å². The second kappa shape index (κ2) is 7.65. The predicted octanol–water partition coefficient (Wildman–Crippen LogP) is 4.29. The van der Waals surface area contributed by atoms with E-state index in [9.17, 15) is 0 Å². The van der Waals surface area contributed by atoms with Gasteiger partial charge in [-0.2, -0.15) is 0 Å². The standard InChI is InChI=1S/C22H25BN3.Ir/c1-15(2)17-10-8-11-18(16(3)4)21(17)23-25(5)20-12-7-6-9-19(20)22-24-13-14-26(22)23;/h6-8,10-16H,1-5H3;/q-1;. The van der Waals surface area contributed by atoms with E-state index in [2.05, 4.69) is 91.6 Å². The molecular formula is C22H25BIrN3-. The fraction of sp³-hybridized carbons (Fsp3) is 0.318. The van der Waals surface area contributed by atoms with Crippen LogP contribution in [-0.4, -0.2) is 23.5 Å². The van der Waals surface area contributed by atoms with Gasteiger partial charge in [0, 0.05) is 38.3 Å². The third kappa shape index (κ3) is 3.17. The van der Waals surface area contributed by atoms with Gasteiger partial charge in [0.15, 0.2) is 0 Å². The Morgan fingerprint density at radius 1 is 1.00 bits per heavy atom. The molecule has 0 saturated heterocycles. The number of fused-ring (bicyclic) bond motifs is 3. The van der Waals surface area contributed by atoms with Gasteiger partial charge in [-0.1, -0.05) is 57.1 Å². The molecule has 0 unspecified atom stereocenters. The molecule has 1 aromatic heterocycles. The minimum Gasteiger partial charge on any atom is -0.436 e. The number of anilines is 1. The first kappa shape index (κ1) is 19.9. The average molecular weight is 534 g/mol. The Morgan fingerprint density at radius 3 is 2.30 bits per heavy atom. The first-order valence-electron chi connectivity index (χ1n) is 9.40. The zero-order chi connectivity index (χ0) is 18.4. The molecule has 0 saturated carbocycles. The van der Waals surface area contributed by atoms with Crippen molar-refractivity contribution in [2.75, 3.05) is 11.9 Å². The Hall–Kier alpha value is -1.84. The molecule has 0 N–H and O–H groups in total. The Morgan fingerprint density at radius 2 is 1.67 bits per heavy atom. The van der Waals surface area contributed by atoms with E-state index in [1.54, 1.807) is 0 Å². The van der Waals surface area contributed by atoms with Gasteiger partial charge in [0.2, 0.25) is 0 Å². The van der Waals surface area contributed by atoms with Gasteiger partial charge < -0.3 is 9.29 Å². The quantitative estimate of drug-likeness (QED) is 0.370. The molecule has 5 heteroatoms. The van der Waals surface area contributed by atoms with Crippen LogP contribution in [0.3, 0.4) is 0 Å². The summed E-state index contributed by atoms with van der Waals surface area (Å²) in [5, 5.41) is 0. The maximum atomic E-state index is 4.66. The molecule has 4 rings (SSSR count). The van der Waals surface area contributed by atoms with Crippen LogP contribution in [0.15, 0.2) is 48.8 Å². The average Bonchev–Trinajstić information content (AvgIpc) is 3.11. The second-order valence-corrected chi connectivity index (χ2v) is 7.73. The van der Waals surface area contributed by atoms with E-state index in [-0.39, 0.29) is 27.1 Å². The maximum absolute atomic E-state index is 4.66. The summed E-state index contributed by atoms with van der Waals surface area (Å²) in [4.78, 5) is 7.03. The van der Waals surface area contributed by atoms with Crippen molar-refractivity contribution in [2.45, 2.75) is 39.5 Å². The number of rotatable bonds is 3. The van der Waals surface area contributed by atoms with Crippen LogP contribution in [-0.2, 0) is 20.1 Å². The van der Waals surface area contributed by atoms with Crippen molar-refractivity contribution < 1.29 is 20.1 Å². The van der Waals surface area contributed by atoms with Crippen molar-refractivity contribution in [3.05, 3.63) is 66.0 Å². The van der Waals surface area contributed by atoms with Gasteiger partial charge in [0.25, 0.3) is 0 Å². The fourth-order valence-corrected chi connectivity index (χ4v) is 4.16. The number of hydrogen-bond donors (Lipinski definition) is 0. The Kier molecular flexibility index (Phi) is 5.64. The van der Waals surface area contributed by atoms with Crippen molar-refractivity contribution >= 4 is 18.1 Å². The minimum absolute atomic E-state index is 0. The molecule has 1 aliphatic heterocycles. The van der Waals surface area contributed by atoms with Crippen LogP contribution in [0.4, 0.5) is 5.69 Å². The summed E-state index contributed by atoms with van der Waals surface area (Å²) < 4.78 is 2.30. The second-order valence-electron chi connectivity index (χ2n) is 7.73. The first-order valence-corrected chi connectivity index (χ1v) is 9.40. The number of aromatic nitrogens is 2. The van der Waals surface area contributed by atoms with Crippen LogP contribution in [0.25, 0.3) is 11.4 Å². The summed E-state index contributed by atoms with van der Waals surface area (Å²) in [6, 6.07) is 16.3. The Labute approximate surface area is 176 Å². The molecule has 1 aliphatic rings. The van der Waals surface area contributed by atoms with Gasteiger partial charge in [-0.3, -0.25) is 4.98 Å². The summed E-state index contributed by atoms with van der Waals surface area (Å²) >= 11 is 0. The molecule has 1 radical (unpaired) electrons. The van der Waals surface area contributed by atoms with Crippen LogP contribution in [0.1, 0.15) is 50.7 Å². The molecular weight excluding hydrogens is 509 g/mol. The zero-order valence-corrected chi connectivity index (χ0v) is 18.9. The summed E-state index contributed by atoms with van der Waals surface area (Å²) in [6.45, 7) is 9.22. The van der Waals surface area contributed by atoms with Crippen LogP contribution in [0.5, 0.6) is 0 Å². The number of benzene rings is 2. The minimum atomic E-state index is 0. The molecule has 141 valence electrons. The van der Waals surface area contributed by atoms with Gasteiger partial charge in [-0.05, 0) is 35.5 Å². The molecule has 27 heavy (non-hydrogen) atoms. The maximum Gasteiger partial charge on any atom is 0.399 e. The molecule has 0 spiro atoms. The molecule has 0 fully saturated rings. The van der Waals surface area contributed by atoms with E-state index in [4.69, 9.17) is 0 Å². The molecule has 3 nitrogen and oxygen atoms in total. The van der Waals surface area contributed by atoms with E-state index < -0.39 is 0 Å². The van der Waals surface area contributed by atoms with E-state index in [0.29, 0.717) is 11.8 Å².